The van der Waals surface area contributed by atoms with E-state index in [1.54, 1.807) is 0 Å². The first-order valence-corrected chi connectivity index (χ1v) is 7.59. The second-order valence-electron chi connectivity index (χ2n) is 5.91. The van der Waals surface area contributed by atoms with Gasteiger partial charge in [0, 0.05) is 19.7 Å². The number of alkyl halides is 3. The third-order valence-corrected chi connectivity index (χ3v) is 3.74. The van der Waals surface area contributed by atoms with E-state index in [9.17, 15) is 18.3 Å². The number of benzene rings is 1. The average Bonchev–Trinajstić information content (AvgIpc) is 2.97. The quantitative estimate of drug-likeness (QED) is 0.832. The van der Waals surface area contributed by atoms with Gasteiger partial charge in [0.15, 0.2) is 0 Å². The molecule has 0 saturated carbocycles. The van der Waals surface area contributed by atoms with Gasteiger partial charge in [-0.3, -0.25) is 0 Å². The number of hydrogen-bond acceptors (Lipinski definition) is 4. The molecule has 0 aromatic heterocycles. The van der Waals surface area contributed by atoms with Crippen molar-refractivity contribution in [1.82, 2.24) is 4.90 Å². The summed E-state index contributed by atoms with van der Waals surface area (Å²) >= 11 is 0. The van der Waals surface area contributed by atoms with Gasteiger partial charge in [0.2, 0.25) is 0 Å². The van der Waals surface area contributed by atoms with Gasteiger partial charge in [-0.25, -0.2) is 0 Å². The van der Waals surface area contributed by atoms with Crippen LogP contribution < -0.4 is 4.74 Å². The van der Waals surface area contributed by atoms with Gasteiger partial charge in [-0.2, -0.15) is 13.2 Å². The highest BCUT2D eigenvalue weighted by Gasteiger charge is 2.34. The zero-order valence-corrected chi connectivity index (χ0v) is 13.1. The van der Waals surface area contributed by atoms with Gasteiger partial charge in [0.1, 0.15) is 18.5 Å². The lowest BCUT2D eigenvalue weighted by atomic mass is 10.1. The minimum atomic E-state index is -4.47. The zero-order valence-electron chi connectivity index (χ0n) is 13.1. The van der Waals surface area contributed by atoms with E-state index in [4.69, 9.17) is 9.47 Å². The van der Waals surface area contributed by atoms with Crippen molar-refractivity contribution in [3.8, 4) is 5.75 Å². The fourth-order valence-electron chi connectivity index (χ4n) is 2.67. The Kier molecular flexibility index (Phi) is 6.26. The number of nitrogens with zero attached hydrogens (tertiary/aromatic N) is 1. The standard InChI is InChI=1S/C16H22F3NO3/c1-20(8-12-6-7-22-10-12)9-13(21)11-23-15-5-3-2-4-14(15)16(17,18)19/h2-5,12-13,21H,6-11H2,1H3. The summed E-state index contributed by atoms with van der Waals surface area (Å²) in [5, 5.41) is 9.97. The summed E-state index contributed by atoms with van der Waals surface area (Å²) in [5.74, 6) is 0.185. The van der Waals surface area contributed by atoms with Gasteiger partial charge >= 0.3 is 6.18 Å². The molecule has 2 unspecified atom stereocenters. The molecular formula is C16H22F3NO3. The van der Waals surface area contributed by atoms with Crippen molar-refractivity contribution in [1.29, 1.82) is 0 Å². The molecule has 23 heavy (non-hydrogen) atoms. The third kappa shape index (κ3) is 5.67. The summed E-state index contributed by atoms with van der Waals surface area (Å²) in [6.07, 6.45) is -4.33. The lowest BCUT2D eigenvalue weighted by Gasteiger charge is -2.23. The van der Waals surface area contributed by atoms with Crippen LogP contribution in [0.5, 0.6) is 5.75 Å². The van der Waals surface area contributed by atoms with Crippen LogP contribution in [0.4, 0.5) is 13.2 Å². The highest BCUT2D eigenvalue weighted by molar-refractivity contribution is 5.35. The summed E-state index contributed by atoms with van der Waals surface area (Å²) in [5.41, 5.74) is -0.830. The van der Waals surface area contributed by atoms with E-state index in [-0.39, 0.29) is 12.4 Å². The van der Waals surface area contributed by atoms with E-state index >= 15 is 0 Å². The second-order valence-corrected chi connectivity index (χ2v) is 5.91. The minimum Gasteiger partial charge on any atom is -0.490 e. The molecule has 1 aliphatic rings. The van der Waals surface area contributed by atoms with Crippen LogP contribution in [0.3, 0.4) is 0 Å². The Morgan fingerprint density at radius 3 is 2.78 bits per heavy atom. The van der Waals surface area contributed by atoms with Gasteiger partial charge in [-0.15, -0.1) is 0 Å². The molecule has 7 heteroatoms. The van der Waals surface area contributed by atoms with Gasteiger partial charge in [0.25, 0.3) is 0 Å². The monoisotopic (exact) mass is 333 g/mol. The van der Waals surface area contributed by atoms with Crippen molar-refractivity contribution < 1.29 is 27.8 Å². The summed E-state index contributed by atoms with van der Waals surface area (Å²) in [6, 6.07) is 5.01. The fourth-order valence-corrected chi connectivity index (χ4v) is 2.67. The summed E-state index contributed by atoms with van der Waals surface area (Å²) in [7, 11) is 1.87. The minimum absolute atomic E-state index is 0.182. The van der Waals surface area contributed by atoms with Crippen LogP contribution in [0, 0.1) is 5.92 Å². The highest BCUT2D eigenvalue weighted by atomic mass is 19.4. The number of aliphatic hydroxyl groups is 1. The van der Waals surface area contributed by atoms with Crippen molar-refractivity contribution in [3.05, 3.63) is 29.8 Å². The molecule has 0 aliphatic carbocycles. The van der Waals surface area contributed by atoms with Crippen LogP contribution in [0.15, 0.2) is 24.3 Å². The molecule has 1 aromatic carbocycles. The normalized spacial score (nSPS) is 20.0. The Morgan fingerprint density at radius 2 is 2.13 bits per heavy atom. The molecule has 0 radical (unpaired) electrons. The molecule has 1 aromatic rings. The molecule has 0 bridgehead atoms. The van der Waals surface area contributed by atoms with Gasteiger partial charge in [-0.05, 0) is 31.5 Å². The number of likely N-dealkylation sites (N-methyl/N-ethyl adjacent to an activating group) is 1. The summed E-state index contributed by atoms with van der Waals surface area (Å²) in [4.78, 5) is 1.95. The maximum Gasteiger partial charge on any atom is 0.419 e. The number of hydrogen-bond donors (Lipinski definition) is 1. The molecule has 2 atom stereocenters. The first-order chi connectivity index (χ1) is 10.9. The molecule has 130 valence electrons. The number of halogens is 3. The van der Waals surface area contributed by atoms with E-state index in [1.165, 1.54) is 18.2 Å². The van der Waals surface area contributed by atoms with Gasteiger partial charge in [-0.1, -0.05) is 12.1 Å². The van der Waals surface area contributed by atoms with Crippen LogP contribution in [0.1, 0.15) is 12.0 Å². The predicted molar refractivity (Wildman–Crippen MR) is 79.4 cm³/mol. The van der Waals surface area contributed by atoms with Crippen LogP contribution in [0.25, 0.3) is 0 Å². The molecule has 2 rings (SSSR count). The number of rotatable bonds is 7. The van der Waals surface area contributed by atoms with Crippen LogP contribution in [-0.4, -0.2) is 56.1 Å². The molecule has 4 nitrogen and oxygen atoms in total. The van der Waals surface area contributed by atoms with Crippen molar-refractivity contribution in [2.24, 2.45) is 5.92 Å². The van der Waals surface area contributed by atoms with Crippen molar-refractivity contribution in [2.45, 2.75) is 18.7 Å². The van der Waals surface area contributed by atoms with E-state index in [2.05, 4.69) is 0 Å². The number of aliphatic hydroxyl groups excluding tert-OH is 1. The van der Waals surface area contributed by atoms with Crippen LogP contribution >= 0.6 is 0 Å². The van der Waals surface area contributed by atoms with Gasteiger partial charge in [0.05, 0.1) is 12.2 Å². The second kappa shape index (κ2) is 7.99. The number of para-hydroxylation sites is 1. The first-order valence-electron chi connectivity index (χ1n) is 7.59. The van der Waals surface area contributed by atoms with Crippen molar-refractivity contribution in [3.63, 3.8) is 0 Å². The SMILES string of the molecule is CN(CC(O)COc1ccccc1C(F)(F)F)CC1CCOC1. The van der Waals surface area contributed by atoms with Gasteiger partial charge < -0.3 is 19.5 Å². The Labute approximate surface area is 133 Å². The molecular weight excluding hydrogens is 311 g/mol. The van der Waals surface area contributed by atoms with E-state index in [1.807, 2.05) is 11.9 Å². The predicted octanol–water partition coefficient (Wildman–Crippen LogP) is 2.41. The molecule has 1 heterocycles. The molecule has 0 spiro atoms. The topological polar surface area (TPSA) is 41.9 Å². The summed E-state index contributed by atoms with van der Waals surface area (Å²) < 4.78 is 49.0. The smallest absolute Gasteiger partial charge is 0.419 e. The maximum atomic E-state index is 12.8. The summed E-state index contributed by atoms with van der Waals surface area (Å²) in [6.45, 7) is 2.42. The Bertz CT molecular complexity index is 490. The van der Waals surface area contributed by atoms with Crippen LogP contribution in [0.2, 0.25) is 0 Å². The van der Waals surface area contributed by atoms with Crippen molar-refractivity contribution >= 4 is 0 Å². The maximum absolute atomic E-state index is 12.8. The zero-order chi connectivity index (χ0) is 16.9. The van der Waals surface area contributed by atoms with E-state index < -0.39 is 17.8 Å². The molecule has 1 saturated heterocycles. The van der Waals surface area contributed by atoms with E-state index in [0.29, 0.717) is 12.5 Å². The molecule has 1 aliphatic heterocycles. The third-order valence-electron chi connectivity index (χ3n) is 3.74. The Hall–Kier alpha value is -1.31. The molecule has 1 N–H and O–H groups in total. The Morgan fingerprint density at radius 1 is 1.39 bits per heavy atom. The number of ether oxygens (including phenoxy) is 2. The lowest BCUT2D eigenvalue weighted by Crippen LogP contribution is -2.36. The first kappa shape index (κ1) is 18.0. The Balaban J connectivity index is 1.81. The average molecular weight is 333 g/mol. The van der Waals surface area contributed by atoms with E-state index in [0.717, 1.165) is 32.2 Å². The molecule has 0 amide bonds. The lowest BCUT2D eigenvalue weighted by molar-refractivity contribution is -0.139. The molecule has 1 fully saturated rings. The largest absolute Gasteiger partial charge is 0.490 e. The van der Waals surface area contributed by atoms with Crippen molar-refractivity contribution in [2.75, 3.05) is 40.0 Å². The highest BCUT2D eigenvalue weighted by Crippen LogP contribution is 2.35. The van der Waals surface area contributed by atoms with Crippen LogP contribution in [-0.2, 0) is 10.9 Å². The fraction of sp³-hybridized carbons (Fsp3) is 0.625.